The molecule has 0 saturated heterocycles. The molecule has 4 aromatic rings. The van der Waals surface area contributed by atoms with Crippen LogP contribution in [0.15, 0.2) is 71.5 Å². The first-order valence-electron chi connectivity index (χ1n) is 10.6. The molecule has 0 aliphatic rings. The van der Waals surface area contributed by atoms with Crippen molar-refractivity contribution in [3.8, 4) is 17.2 Å². The molecule has 3 N–H and O–H groups in total. The number of hydrogen-bond donors (Lipinski definition) is 3. The Morgan fingerprint density at radius 3 is 2.30 bits per heavy atom. The number of carbonyl (C=O) groups excluding carboxylic acids is 1. The second kappa shape index (κ2) is 8.74. The van der Waals surface area contributed by atoms with Crippen molar-refractivity contribution in [1.82, 2.24) is 19.7 Å². The van der Waals surface area contributed by atoms with Crippen LogP contribution in [0.4, 0.5) is 16.3 Å². The minimum atomic E-state index is -0.436. The zero-order valence-electron chi connectivity index (χ0n) is 19.0. The SMILES string of the molecule is Cc1cc(=O)[nH]c(-n2nc(-c3ccccc3)cc2NC(=O)Nc2ccc(C(C)(C)C)cc2)n1. The Bertz CT molecular complexity index is 1330. The molecule has 2 aromatic heterocycles. The third-order valence-corrected chi connectivity index (χ3v) is 5.09. The molecular formula is C25H26N6O2. The van der Waals surface area contributed by atoms with Crippen molar-refractivity contribution >= 4 is 17.5 Å². The summed E-state index contributed by atoms with van der Waals surface area (Å²) in [4.78, 5) is 31.8. The van der Waals surface area contributed by atoms with Gasteiger partial charge in [-0.05, 0) is 30.0 Å². The monoisotopic (exact) mass is 442 g/mol. The van der Waals surface area contributed by atoms with Crippen LogP contribution < -0.4 is 16.2 Å². The fourth-order valence-corrected chi connectivity index (χ4v) is 3.38. The van der Waals surface area contributed by atoms with Crippen molar-refractivity contribution in [1.29, 1.82) is 0 Å². The topological polar surface area (TPSA) is 105 Å². The van der Waals surface area contributed by atoms with Gasteiger partial charge in [0.1, 0.15) is 5.82 Å². The fraction of sp³-hybridized carbons (Fsp3) is 0.200. The van der Waals surface area contributed by atoms with E-state index in [2.05, 4.69) is 46.5 Å². The lowest BCUT2D eigenvalue weighted by molar-refractivity contribution is 0.262. The Kier molecular flexibility index (Phi) is 5.83. The smallest absolute Gasteiger partial charge is 0.308 e. The summed E-state index contributed by atoms with van der Waals surface area (Å²) in [6, 6.07) is 20.0. The van der Waals surface area contributed by atoms with Gasteiger partial charge in [-0.25, -0.2) is 9.78 Å². The fourth-order valence-electron chi connectivity index (χ4n) is 3.38. The van der Waals surface area contributed by atoms with Crippen molar-refractivity contribution in [2.75, 3.05) is 10.6 Å². The molecule has 8 nitrogen and oxygen atoms in total. The largest absolute Gasteiger partial charge is 0.324 e. The van der Waals surface area contributed by atoms with Crippen molar-refractivity contribution in [2.45, 2.75) is 33.1 Å². The molecule has 4 rings (SSSR count). The lowest BCUT2D eigenvalue weighted by atomic mass is 9.87. The molecule has 0 fully saturated rings. The summed E-state index contributed by atoms with van der Waals surface area (Å²) in [6.07, 6.45) is 0. The Hall–Kier alpha value is -4.20. The van der Waals surface area contributed by atoms with Crippen LogP contribution in [-0.2, 0) is 5.41 Å². The van der Waals surface area contributed by atoms with Gasteiger partial charge in [0.25, 0.3) is 5.56 Å². The zero-order valence-corrected chi connectivity index (χ0v) is 19.0. The number of anilines is 2. The zero-order chi connectivity index (χ0) is 23.6. The second-order valence-corrected chi connectivity index (χ2v) is 8.81. The van der Waals surface area contributed by atoms with E-state index >= 15 is 0 Å². The summed E-state index contributed by atoms with van der Waals surface area (Å²) in [5.41, 5.74) is 3.60. The van der Waals surface area contributed by atoms with Gasteiger partial charge in [-0.15, -0.1) is 0 Å². The van der Waals surface area contributed by atoms with E-state index in [1.54, 1.807) is 13.0 Å². The molecule has 0 aliphatic carbocycles. The maximum absolute atomic E-state index is 12.8. The van der Waals surface area contributed by atoms with Gasteiger partial charge in [-0.2, -0.15) is 9.78 Å². The van der Waals surface area contributed by atoms with Crippen LogP contribution in [0.1, 0.15) is 32.0 Å². The highest BCUT2D eigenvalue weighted by atomic mass is 16.2. The molecule has 168 valence electrons. The van der Waals surface area contributed by atoms with E-state index < -0.39 is 6.03 Å². The Morgan fingerprint density at radius 1 is 0.970 bits per heavy atom. The molecule has 0 atom stereocenters. The number of aromatic amines is 1. The third kappa shape index (κ3) is 5.17. The number of benzene rings is 2. The number of hydrogen-bond acceptors (Lipinski definition) is 4. The van der Waals surface area contributed by atoms with Crippen LogP contribution in [-0.4, -0.2) is 25.8 Å². The predicted octanol–water partition coefficient (Wildman–Crippen LogP) is 4.87. The van der Waals surface area contributed by atoms with Crippen molar-refractivity contribution in [2.24, 2.45) is 0 Å². The van der Waals surface area contributed by atoms with Gasteiger partial charge in [0.05, 0.1) is 5.69 Å². The third-order valence-electron chi connectivity index (χ3n) is 5.09. The van der Waals surface area contributed by atoms with Crippen molar-refractivity contribution in [3.63, 3.8) is 0 Å². The van der Waals surface area contributed by atoms with E-state index in [1.165, 1.54) is 16.3 Å². The number of H-pyrrole nitrogens is 1. The highest BCUT2D eigenvalue weighted by molar-refractivity contribution is 5.99. The summed E-state index contributed by atoms with van der Waals surface area (Å²) in [5.74, 6) is 0.582. The summed E-state index contributed by atoms with van der Waals surface area (Å²) in [6.45, 7) is 8.13. The number of aromatic nitrogens is 4. The van der Waals surface area contributed by atoms with Crippen LogP contribution in [0, 0.1) is 6.92 Å². The molecule has 0 radical (unpaired) electrons. The Labute approximate surface area is 191 Å². The van der Waals surface area contributed by atoms with E-state index in [4.69, 9.17) is 0 Å². The van der Waals surface area contributed by atoms with E-state index in [0.29, 0.717) is 22.9 Å². The normalized spacial score (nSPS) is 11.3. The maximum atomic E-state index is 12.8. The molecule has 0 bridgehead atoms. The molecular weight excluding hydrogens is 416 g/mol. The minimum Gasteiger partial charge on any atom is -0.308 e. The highest BCUT2D eigenvalue weighted by Gasteiger charge is 2.17. The van der Waals surface area contributed by atoms with Gasteiger partial charge in [0.2, 0.25) is 5.95 Å². The standard InChI is InChI=1S/C25H26N6O2/c1-16-14-22(32)29-23(26-16)31-21(15-20(30-31)17-8-6-5-7-9-17)28-24(33)27-19-12-10-18(11-13-19)25(2,3)4/h5-15H,1-4H3,(H,26,29,32)(H2,27,28,33). The number of nitrogens with one attached hydrogen (secondary N) is 3. The van der Waals surface area contributed by atoms with Gasteiger partial charge < -0.3 is 5.32 Å². The van der Waals surface area contributed by atoms with Crippen molar-refractivity contribution < 1.29 is 4.79 Å². The molecule has 2 aromatic carbocycles. The number of carbonyl (C=O) groups is 1. The summed E-state index contributed by atoms with van der Waals surface area (Å²) in [5, 5.41) is 10.2. The number of amides is 2. The van der Waals surface area contributed by atoms with Gasteiger partial charge in [-0.3, -0.25) is 15.1 Å². The quantitative estimate of drug-likeness (QED) is 0.419. The summed E-state index contributed by atoms with van der Waals surface area (Å²) in [7, 11) is 0. The molecule has 0 aliphatic heterocycles. The molecule has 2 heterocycles. The van der Waals surface area contributed by atoms with Crippen LogP contribution in [0.5, 0.6) is 0 Å². The van der Waals surface area contributed by atoms with Crippen molar-refractivity contribution in [3.05, 3.63) is 88.3 Å². The summed E-state index contributed by atoms with van der Waals surface area (Å²) < 4.78 is 1.42. The molecule has 0 saturated carbocycles. The molecule has 2 amide bonds. The van der Waals surface area contributed by atoms with E-state index in [1.807, 2.05) is 54.6 Å². The lowest BCUT2D eigenvalue weighted by Gasteiger charge is -2.19. The number of aryl methyl sites for hydroxylation is 1. The lowest BCUT2D eigenvalue weighted by Crippen LogP contribution is -2.22. The van der Waals surface area contributed by atoms with E-state index in [0.717, 1.165) is 5.56 Å². The number of urea groups is 1. The molecule has 8 heteroatoms. The van der Waals surface area contributed by atoms with E-state index in [9.17, 15) is 9.59 Å². The van der Waals surface area contributed by atoms with Crippen LogP contribution in [0.3, 0.4) is 0 Å². The maximum Gasteiger partial charge on any atom is 0.324 e. The first-order chi connectivity index (χ1) is 15.7. The van der Waals surface area contributed by atoms with Crippen LogP contribution in [0.25, 0.3) is 17.2 Å². The average Bonchev–Trinajstić information content (AvgIpc) is 3.17. The molecule has 0 unspecified atom stereocenters. The first-order valence-corrected chi connectivity index (χ1v) is 10.6. The molecule has 0 spiro atoms. The van der Waals surface area contributed by atoms with Gasteiger partial charge in [0.15, 0.2) is 0 Å². The average molecular weight is 443 g/mol. The van der Waals surface area contributed by atoms with E-state index in [-0.39, 0.29) is 16.9 Å². The van der Waals surface area contributed by atoms with Gasteiger partial charge in [0, 0.05) is 29.1 Å². The molecule has 33 heavy (non-hydrogen) atoms. The van der Waals surface area contributed by atoms with Crippen LogP contribution >= 0.6 is 0 Å². The second-order valence-electron chi connectivity index (χ2n) is 8.81. The summed E-state index contributed by atoms with van der Waals surface area (Å²) >= 11 is 0. The van der Waals surface area contributed by atoms with Gasteiger partial charge >= 0.3 is 6.03 Å². The number of rotatable bonds is 4. The Balaban J connectivity index is 1.63. The number of nitrogens with zero attached hydrogens (tertiary/aromatic N) is 3. The highest BCUT2D eigenvalue weighted by Crippen LogP contribution is 2.25. The first kappa shape index (κ1) is 22.0. The Morgan fingerprint density at radius 2 is 1.67 bits per heavy atom. The van der Waals surface area contributed by atoms with Crippen LogP contribution in [0.2, 0.25) is 0 Å². The van der Waals surface area contributed by atoms with Gasteiger partial charge in [-0.1, -0.05) is 63.2 Å². The predicted molar refractivity (Wildman–Crippen MR) is 130 cm³/mol. The minimum absolute atomic E-state index is 0.0266.